The van der Waals surface area contributed by atoms with E-state index < -0.39 is 72.6 Å². The van der Waals surface area contributed by atoms with E-state index in [9.17, 15) is 39.0 Å². The number of rotatable bonds is 17. The number of carbonyl (C=O) groups excluding carboxylic acids is 4. The number of unbranched alkanes of at least 4 members (excludes halogenated alkanes) is 1. The van der Waals surface area contributed by atoms with Gasteiger partial charge in [0.25, 0.3) is 0 Å². The lowest BCUT2D eigenvalue weighted by molar-refractivity contribution is -0.143. The lowest BCUT2D eigenvalue weighted by Gasteiger charge is -2.24. The van der Waals surface area contributed by atoms with Crippen LogP contribution in [0.4, 0.5) is 0 Å². The molecule has 0 bridgehead atoms. The van der Waals surface area contributed by atoms with Gasteiger partial charge in [0.2, 0.25) is 23.6 Å². The van der Waals surface area contributed by atoms with Crippen molar-refractivity contribution in [2.75, 3.05) is 6.54 Å². The second-order valence-corrected chi connectivity index (χ2v) is 9.24. The number of hydrogen-bond acceptors (Lipinski definition) is 8. The normalized spacial score (nSPS) is 13.9. The molecule has 4 amide bonds. The summed E-state index contributed by atoms with van der Waals surface area (Å²) in [4.78, 5) is 76.3. The van der Waals surface area contributed by atoms with Gasteiger partial charge in [-0.05, 0) is 31.0 Å². The van der Waals surface area contributed by atoms with Crippen molar-refractivity contribution < 1.29 is 39.0 Å². The number of carbonyl (C=O) groups is 6. The summed E-state index contributed by atoms with van der Waals surface area (Å²) in [6.45, 7) is 0.395. The Kier molecular flexibility index (Phi) is 12.0. The Hall–Kier alpha value is -4.50. The van der Waals surface area contributed by atoms with E-state index in [2.05, 4.69) is 20.9 Å². The zero-order valence-electron chi connectivity index (χ0n) is 21.7. The summed E-state index contributed by atoms with van der Waals surface area (Å²) in [5.41, 5.74) is 17.8. The number of nitrogens with two attached hydrogens (primary N) is 3. The molecule has 0 spiro atoms. The third-order valence-electron chi connectivity index (χ3n) is 6.07. The fourth-order valence-corrected chi connectivity index (χ4v) is 3.98. The molecule has 4 unspecified atom stereocenters. The minimum Gasteiger partial charge on any atom is -0.481 e. The summed E-state index contributed by atoms with van der Waals surface area (Å²) in [5, 5.41) is 26.4. The van der Waals surface area contributed by atoms with Gasteiger partial charge in [-0.25, -0.2) is 4.79 Å². The summed E-state index contributed by atoms with van der Waals surface area (Å²) in [7, 11) is 0. The van der Waals surface area contributed by atoms with Gasteiger partial charge in [-0.2, -0.15) is 0 Å². The number of hydrogen-bond donors (Lipinski definition) is 9. The van der Waals surface area contributed by atoms with Crippen LogP contribution in [0.5, 0.6) is 0 Å². The minimum absolute atomic E-state index is 0.123. The van der Waals surface area contributed by atoms with Crippen LogP contribution in [-0.2, 0) is 35.2 Å². The Labute approximate surface area is 229 Å². The third-order valence-corrected chi connectivity index (χ3v) is 6.07. The average molecular weight is 562 g/mol. The van der Waals surface area contributed by atoms with Crippen LogP contribution in [0.15, 0.2) is 30.5 Å². The number of carboxylic acid groups (broad SMARTS) is 2. The van der Waals surface area contributed by atoms with Gasteiger partial charge in [-0.3, -0.25) is 24.0 Å². The Bertz CT molecular complexity index is 1230. The van der Waals surface area contributed by atoms with Gasteiger partial charge in [-0.1, -0.05) is 24.6 Å². The summed E-state index contributed by atoms with van der Waals surface area (Å²) in [6.07, 6.45) is 1.30. The van der Waals surface area contributed by atoms with Crippen molar-refractivity contribution >= 4 is 46.5 Å². The number of amides is 4. The molecule has 0 aliphatic rings. The van der Waals surface area contributed by atoms with Gasteiger partial charge in [0.05, 0.1) is 18.9 Å². The summed E-state index contributed by atoms with van der Waals surface area (Å²) >= 11 is 0. The molecule has 1 aromatic carbocycles. The number of aromatic nitrogens is 1. The number of primary amides is 1. The van der Waals surface area contributed by atoms with E-state index in [1.807, 2.05) is 0 Å². The highest BCUT2D eigenvalue weighted by Gasteiger charge is 2.32. The molecule has 0 saturated carbocycles. The fraction of sp³-hybridized carbons (Fsp3) is 0.440. The molecule has 2 rings (SSSR count). The first-order valence-corrected chi connectivity index (χ1v) is 12.6. The predicted molar refractivity (Wildman–Crippen MR) is 142 cm³/mol. The number of aromatic amines is 1. The van der Waals surface area contributed by atoms with Crippen molar-refractivity contribution in [2.24, 2.45) is 17.2 Å². The number of carboxylic acids is 2. The van der Waals surface area contributed by atoms with E-state index >= 15 is 0 Å². The molecule has 1 aromatic heterocycles. The second kappa shape index (κ2) is 15.2. The zero-order valence-corrected chi connectivity index (χ0v) is 21.7. The lowest BCUT2D eigenvalue weighted by Crippen LogP contribution is -2.58. The topological polar surface area (TPSA) is 273 Å². The number of H-pyrrole nitrogens is 1. The van der Waals surface area contributed by atoms with Crippen LogP contribution in [0, 0.1) is 0 Å². The summed E-state index contributed by atoms with van der Waals surface area (Å²) in [5.74, 6) is -6.74. The standard InChI is InChI=1S/C25H35N7O8/c26-8-4-3-6-15(27)22(36)30-18(11-21(34)35)24(38)31-17(10-20(28)33)23(37)32-19(25(39)40)9-13-12-29-16-7-2-1-5-14(13)16/h1-2,5,7,12,15,17-19,29H,3-4,6,8-11,26-27H2,(H2,28,33)(H,30,36)(H,31,38)(H,32,37)(H,34,35)(H,39,40). The van der Waals surface area contributed by atoms with E-state index in [0.29, 0.717) is 24.9 Å². The molecule has 40 heavy (non-hydrogen) atoms. The van der Waals surface area contributed by atoms with Gasteiger partial charge in [-0.15, -0.1) is 0 Å². The largest absolute Gasteiger partial charge is 0.481 e. The highest BCUT2D eigenvalue weighted by molar-refractivity contribution is 5.97. The monoisotopic (exact) mass is 561 g/mol. The molecule has 0 radical (unpaired) electrons. The van der Waals surface area contributed by atoms with Gasteiger partial charge < -0.3 is 48.3 Å². The van der Waals surface area contributed by atoms with E-state index in [1.54, 1.807) is 30.5 Å². The maximum absolute atomic E-state index is 13.0. The molecule has 0 aliphatic carbocycles. The van der Waals surface area contributed by atoms with Crippen LogP contribution in [0.3, 0.4) is 0 Å². The van der Waals surface area contributed by atoms with Crippen molar-refractivity contribution in [1.82, 2.24) is 20.9 Å². The van der Waals surface area contributed by atoms with E-state index in [1.165, 1.54) is 0 Å². The second-order valence-electron chi connectivity index (χ2n) is 9.24. The molecule has 0 saturated heterocycles. The van der Waals surface area contributed by atoms with Crippen molar-refractivity contribution in [2.45, 2.75) is 62.7 Å². The molecule has 2 aromatic rings. The number of nitrogens with one attached hydrogen (secondary N) is 4. The molecule has 15 nitrogen and oxygen atoms in total. The lowest BCUT2D eigenvalue weighted by atomic mass is 10.0. The van der Waals surface area contributed by atoms with Crippen LogP contribution in [0.1, 0.15) is 37.7 Å². The Balaban J connectivity index is 2.16. The highest BCUT2D eigenvalue weighted by Crippen LogP contribution is 2.19. The van der Waals surface area contributed by atoms with Crippen molar-refractivity contribution in [3.8, 4) is 0 Å². The van der Waals surface area contributed by atoms with Gasteiger partial charge >= 0.3 is 11.9 Å². The highest BCUT2D eigenvalue weighted by atomic mass is 16.4. The van der Waals surface area contributed by atoms with Crippen LogP contribution in [0.2, 0.25) is 0 Å². The fourth-order valence-electron chi connectivity index (χ4n) is 3.98. The first kappa shape index (κ1) is 31.7. The maximum atomic E-state index is 13.0. The summed E-state index contributed by atoms with van der Waals surface area (Å²) < 4.78 is 0. The molecular weight excluding hydrogens is 526 g/mol. The van der Waals surface area contributed by atoms with Crippen molar-refractivity contribution in [3.05, 3.63) is 36.0 Å². The quantitative estimate of drug-likeness (QED) is 0.0963. The van der Waals surface area contributed by atoms with Gasteiger partial charge in [0, 0.05) is 23.5 Å². The predicted octanol–water partition coefficient (Wildman–Crippen LogP) is -1.94. The number of aliphatic carboxylic acids is 2. The number of benzene rings is 1. The molecule has 218 valence electrons. The smallest absolute Gasteiger partial charge is 0.326 e. The number of fused-ring (bicyclic) bond motifs is 1. The van der Waals surface area contributed by atoms with Gasteiger partial charge in [0.1, 0.15) is 18.1 Å². The molecule has 0 fully saturated rings. The minimum atomic E-state index is -1.65. The van der Waals surface area contributed by atoms with Crippen LogP contribution in [-0.4, -0.2) is 81.5 Å². The SMILES string of the molecule is NCCCCC(N)C(=O)NC(CC(=O)O)C(=O)NC(CC(N)=O)C(=O)NC(Cc1c[nH]c2ccccc12)C(=O)O. The first-order chi connectivity index (χ1) is 18.9. The molecule has 15 heteroatoms. The Morgan fingerprint density at radius 3 is 2.05 bits per heavy atom. The van der Waals surface area contributed by atoms with Crippen LogP contribution >= 0.6 is 0 Å². The molecule has 4 atom stereocenters. The van der Waals surface area contributed by atoms with Crippen LogP contribution in [0.25, 0.3) is 10.9 Å². The Morgan fingerprint density at radius 1 is 0.850 bits per heavy atom. The Morgan fingerprint density at radius 2 is 1.45 bits per heavy atom. The molecule has 1 heterocycles. The van der Waals surface area contributed by atoms with Crippen molar-refractivity contribution in [1.29, 1.82) is 0 Å². The zero-order chi connectivity index (χ0) is 29.8. The van der Waals surface area contributed by atoms with Crippen molar-refractivity contribution in [3.63, 3.8) is 0 Å². The number of para-hydroxylation sites is 1. The van der Waals surface area contributed by atoms with Gasteiger partial charge in [0.15, 0.2) is 0 Å². The van der Waals surface area contributed by atoms with E-state index in [-0.39, 0.29) is 12.8 Å². The maximum Gasteiger partial charge on any atom is 0.326 e. The van der Waals surface area contributed by atoms with E-state index in [4.69, 9.17) is 17.2 Å². The molecule has 12 N–H and O–H groups in total. The molecule has 0 aliphatic heterocycles. The first-order valence-electron chi connectivity index (χ1n) is 12.6. The third kappa shape index (κ3) is 9.67. The van der Waals surface area contributed by atoms with E-state index in [0.717, 1.165) is 10.9 Å². The summed E-state index contributed by atoms with van der Waals surface area (Å²) in [6, 6.07) is 1.36. The average Bonchev–Trinajstić information content (AvgIpc) is 3.29. The van der Waals surface area contributed by atoms with Crippen LogP contribution < -0.4 is 33.2 Å². The molecular formula is C25H35N7O8.